The zero-order valence-corrected chi connectivity index (χ0v) is 13.5. The van der Waals surface area contributed by atoms with Crippen LogP contribution in [0.1, 0.15) is 33.3 Å². The van der Waals surface area contributed by atoms with Crippen LogP contribution in [0.4, 0.5) is 0 Å². The Hall–Kier alpha value is -3.08. The van der Waals surface area contributed by atoms with Crippen LogP contribution >= 0.6 is 0 Å². The number of hydrogen-bond donors (Lipinski definition) is 2. The lowest BCUT2D eigenvalue weighted by Crippen LogP contribution is -2.26. The molecule has 1 amide bonds. The third-order valence-corrected chi connectivity index (χ3v) is 3.89. The van der Waals surface area contributed by atoms with Crippen molar-refractivity contribution < 1.29 is 14.3 Å². The van der Waals surface area contributed by atoms with Gasteiger partial charge in [0.25, 0.3) is 5.91 Å². The minimum atomic E-state index is -1.12. The molecule has 1 aromatic heterocycles. The molecule has 0 unspecified atom stereocenters. The third-order valence-electron chi connectivity index (χ3n) is 3.89. The van der Waals surface area contributed by atoms with E-state index in [9.17, 15) is 9.59 Å². The molecule has 0 aliphatic rings. The minimum Gasteiger partial charge on any atom is -0.443 e. The Labute approximate surface area is 139 Å². The van der Waals surface area contributed by atoms with E-state index in [1.54, 1.807) is 30.3 Å². The molecule has 122 valence electrons. The van der Waals surface area contributed by atoms with Gasteiger partial charge in [-0.25, -0.2) is 4.79 Å². The first-order valence-corrected chi connectivity index (χ1v) is 7.61. The van der Waals surface area contributed by atoms with Gasteiger partial charge in [-0.2, -0.15) is 0 Å². The number of aryl methyl sites for hydroxylation is 2. The summed E-state index contributed by atoms with van der Waals surface area (Å²) in [5.74, 6) is -1.33. The molecule has 5 nitrogen and oxygen atoms in total. The van der Waals surface area contributed by atoms with Crippen LogP contribution in [0.5, 0.6) is 0 Å². The largest absolute Gasteiger partial charge is 0.443 e. The van der Waals surface area contributed by atoms with Crippen LogP contribution in [-0.4, -0.2) is 16.9 Å². The van der Waals surface area contributed by atoms with E-state index in [2.05, 4.69) is 4.98 Å². The van der Waals surface area contributed by atoms with Crippen LogP contribution in [0.15, 0.2) is 48.5 Å². The smallest absolute Gasteiger partial charge is 0.355 e. The van der Waals surface area contributed by atoms with Crippen molar-refractivity contribution in [2.24, 2.45) is 5.73 Å². The molecule has 0 bridgehead atoms. The first kappa shape index (κ1) is 15.8. The molecule has 3 aromatic rings. The monoisotopic (exact) mass is 322 g/mol. The molecule has 1 heterocycles. The van der Waals surface area contributed by atoms with Crippen LogP contribution in [0.2, 0.25) is 0 Å². The Morgan fingerprint density at radius 2 is 1.79 bits per heavy atom. The normalized spacial score (nSPS) is 12.1. The van der Waals surface area contributed by atoms with Crippen LogP contribution in [0, 0.1) is 13.8 Å². The highest BCUT2D eigenvalue weighted by molar-refractivity contribution is 5.97. The number of nitrogens with one attached hydrogen (secondary N) is 1. The van der Waals surface area contributed by atoms with E-state index in [0.717, 1.165) is 22.0 Å². The van der Waals surface area contributed by atoms with Gasteiger partial charge in [0.15, 0.2) is 0 Å². The molecule has 0 aliphatic carbocycles. The number of amides is 1. The van der Waals surface area contributed by atoms with Gasteiger partial charge in [0.05, 0.1) is 0 Å². The molecular weight excluding hydrogens is 304 g/mol. The van der Waals surface area contributed by atoms with E-state index in [0.29, 0.717) is 11.3 Å². The lowest BCUT2D eigenvalue weighted by molar-refractivity contribution is -0.127. The number of rotatable bonds is 4. The number of esters is 1. The first-order chi connectivity index (χ1) is 11.5. The predicted molar refractivity (Wildman–Crippen MR) is 91.6 cm³/mol. The molecule has 2 aromatic carbocycles. The number of ether oxygens (including phenoxy) is 1. The number of hydrogen-bond acceptors (Lipinski definition) is 3. The van der Waals surface area contributed by atoms with Crippen molar-refractivity contribution in [3.8, 4) is 0 Å². The second-order valence-electron chi connectivity index (χ2n) is 5.82. The summed E-state index contributed by atoms with van der Waals surface area (Å²) in [6, 6.07) is 14.5. The van der Waals surface area contributed by atoms with Crippen LogP contribution < -0.4 is 5.73 Å². The Balaban J connectivity index is 1.91. The predicted octanol–water partition coefficient (Wildman–Crippen LogP) is 3.17. The molecule has 24 heavy (non-hydrogen) atoms. The maximum atomic E-state index is 12.4. The molecule has 3 rings (SSSR count). The summed E-state index contributed by atoms with van der Waals surface area (Å²) in [6.07, 6.45) is -1.12. The maximum Gasteiger partial charge on any atom is 0.355 e. The van der Waals surface area contributed by atoms with Crippen molar-refractivity contribution in [3.63, 3.8) is 0 Å². The Kier molecular flexibility index (Phi) is 4.08. The average molecular weight is 322 g/mol. The van der Waals surface area contributed by atoms with Crippen molar-refractivity contribution in [3.05, 3.63) is 70.9 Å². The number of H-pyrrole nitrogens is 1. The van der Waals surface area contributed by atoms with E-state index >= 15 is 0 Å². The number of carbonyl (C=O) groups is 2. The van der Waals surface area contributed by atoms with Crippen molar-refractivity contribution in [2.75, 3.05) is 0 Å². The summed E-state index contributed by atoms with van der Waals surface area (Å²) in [6.45, 7) is 3.97. The van der Waals surface area contributed by atoms with Gasteiger partial charge < -0.3 is 15.5 Å². The van der Waals surface area contributed by atoms with Gasteiger partial charge in [0, 0.05) is 16.5 Å². The molecule has 1 atom stereocenters. The quantitative estimate of drug-likeness (QED) is 0.723. The molecular formula is C19H18N2O3. The minimum absolute atomic E-state index is 0.292. The van der Waals surface area contributed by atoms with Crippen molar-refractivity contribution in [1.29, 1.82) is 0 Å². The van der Waals surface area contributed by atoms with Crippen molar-refractivity contribution >= 4 is 22.8 Å². The Morgan fingerprint density at radius 1 is 1.08 bits per heavy atom. The van der Waals surface area contributed by atoms with Gasteiger partial charge in [0.2, 0.25) is 6.10 Å². The summed E-state index contributed by atoms with van der Waals surface area (Å²) in [5, 5.41) is 0.947. The third kappa shape index (κ3) is 3.01. The number of benzene rings is 2. The SMILES string of the molecule is Cc1cc(C)c2cc(C(=O)O[C@H](C(N)=O)c3ccccc3)[nH]c2c1. The molecule has 3 N–H and O–H groups in total. The van der Waals surface area contributed by atoms with E-state index in [1.165, 1.54) is 0 Å². The summed E-state index contributed by atoms with van der Waals surface area (Å²) in [5.41, 5.74) is 9.24. The fraction of sp³-hybridized carbons (Fsp3) is 0.158. The maximum absolute atomic E-state index is 12.4. The molecule has 0 aliphatic heterocycles. The zero-order valence-electron chi connectivity index (χ0n) is 13.5. The van der Waals surface area contributed by atoms with Crippen molar-refractivity contribution in [2.45, 2.75) is 20.0 Å². The van der Waals surface area contributed by atoms with E-state index in [1.807, 2.05) is 32.0 Å². The van der Waals surface area contributed by atoms with E-state index < -0.39 is 18.0 Å². The molecule has 5 heteroatoms. The topological polar surface area (TPSA) is 85.2 Å². The van der Waals surface area contributed by atoms with Gasteiger partial charge in [-0.15, -0.1) is 0 Å². The first-order valence-electron chi connectivity index (χ1n) is 7.61. The summed E-state index contributed by atoms with van der Waals surface area (Å²) in [4.78, 5) is 27.2. The standard InChI is InChI=1S/C19H18N2O3/c1-11-8-12(2)14-10-16(21-15(14)9-11)19(23)24-17(18(20)22)13-6-4-3-5-7-13/h3-10,17,21H,1-2H3,(H2,20,22)/t17-/m0/s1. The highest BCUT2D eigenvalue weighted by atomic mass is 16.5. The van der Waals surface area contributed by atoms with Crippen LogP contribution in [-0.2, 0) is 9.53 Å². The number of carbonyl (C=O) groups excluding carboxylic acids is 2. The van der Waals surface area contributed by atoms with Crippen LogP contribution in [0.25, 0.3) is 10.9 Å². The molecule has 0 saturated carbocycles. The molecule has 0 saturated heterocycles. The molecule has 0 fully saturated rings. The summed E-state index contributed by atoms with van der Waals surface area (Å²) < 4.78 is 5.34. The number of nitrogens with two attached hydrogens (primary N) is 1. The van der Waals surface area contributed by atoms with E-state index in [-0.39, 0.29) is 0 Å². The summed E-state index contributed by atoms with van der Waals surface area (Å²) >= 11 is 0. The Morgan fingerprint density at radius 3 is 2.46 bits per heavy atom. The molecule has 0 spiro atoms. The van der Waals surface area contributed by atoms with Gasteiger partial charge in [-0.3, -0.25) is 4.79 Å². The number of aromatic nitrogens is 1. The lowest BCUT2D eigenvalue weighted by atomic mass is 10.1. The lowest BCUT2D eigenvalue weighted by Gasteiger charge is -2.14. The second-order valence-corrected chi connectivity index (χ2v) is 5.82. The highest BCUT2D eigenvalue weighted by Crippen LogP contribution is 2.24. The highest BCUT2D eigenvalue weighted by Gasteiger charge is 2.24. The molecule has 0 radical (unpaired) electrons. The summed E-state index contributed by atoms with van der Waals surface area (Å²) in [7, 11) is 0. The zero-order chi connectivity index (χ0) is 17.3. The van der Waals surface area contributed by atoms with Gasteiger partial charge in [-0.05, 0) is 37.1 Å². The van der Waals surface area contributed by atoms with Gasteiger partial charge in [0.1, 0.15) is 5.69 Å². The number of primary amides is 1. The fourth-order valence-electron chi connectivity index (χ4n) is 2.80. The van der Waals surface area contributed by atoms with Gasteiger partial charge >= 0.3 is 5.97 Å². The second kappa shape index (κ2) is 6.20. The number of fused-ring (bicyclic) bond motifs is 1. The average Bonchev–Trinajstić information content (AvgIpc) is 2.97. The van der Waals surface area contributed by atoms with E-state index in [4.69, 9.17) is 10.5 Å². The van der Waals surface area contributed by atoms with Crippen LogP contribution in [0.3, 0.4) is 0 Å². The van der Waals surface area contributed by atoms with Crippen molar-refractivity contribution in [1.82, 2.24) is 4.98 Å². The van der Waals surface area contributed by atoms with Gasteiger partial charge in [-0.1, -0.05) is 36.4 Å². The number of aromatic amines is 1. The Bertz CT molecular complexity index is 913. The fourth-order valence-corrected chi connectivity index (χ4v) is 2.80.